The molecule has 0 bridgehead atoms. The monoisotopic (exact) mass is 282 g/mol. The second-order valence-electron chi connectivity index (χ2n) is 5.93. The van der Waals surface area contributed by atoms with E-state index >= 15 is 0 Å². The molecule has 0 aromatic carbocycles. The topological polar surface area (TPSA) is 42.4 Å². The molecule has 1 aromatic heterocycles. The predicted octanol–water partition coefficient (Wildman–Crippen LogP) is 2.45. The van der Waals surface area contributed by atoms with Crippen molar-refractivity contribution in [3.05, 3.63) is 16.1 Å². The number of carbonyl (C=O) groups excluding carboxylic acids is 1. The van der Waals surface area contributed by atoms with Crippen LogP contribution in [0.15, 0.2) is 5.38 Å². The van der Waals surface area contributed by atoms with E-state index in [-0.39, 0.29) is 11.5 Å². The van der Waals surface area contributed by atoms with Gasteiger partial charge >= 0.3 is 0 Å². The maximum absolute atomic E-state index is 12.3. The van der Waals surface area contributed by atoms with Gasteiger partial charge < -0.3 is 9.64 Å². The number of carbonyl (C=O) groups is 1. The molecule has 0 N–H and O–H groups in total. The van der Waals surface area contributed by atoms with Gasteiger partial charge in [0.2, 0.25) is 5.91 Å². The van der Waals surface area contributed by atoms with E-state index < -0.39 is 0 Å². The number of nitrogens with zero attached hydrogens (tertiary/aromatic N) is 2. The number of thiazole rings is 1. The van der Waals surface area contributed by atoms with Gasteiger partial charge in [-0.1, -0.05) is 13.8 Å². The molecule has 2 heterocycles. The van der Waals surface area contributed by atoms with Gasteiger partial charge in [0.15, 0.2) is 0 Å². The third kappa shape index (κ3) is 3.76. The number of hydrogen-bond donors (Lipinski definition) is 0. The van der Waals surface area contributed by atoms with Crippen molar-refractivity contribution in [3.8, 4) is 0 Å². The highest BCUT2D eigenvalue weighted by molar-refractivity contribution is 7.09. The molecule has 1 aromatic rings. The summed E-state index contributed by atoms with van der Waals surface area (Å²) in [4.78, 5) is 18.7. The number of ether oxygens (including phenoxy) is 1. The van der Waals surface area contributed by atoms with Crippen molar-refractivity contribution in [2.75, 3.05) is 19.7 Å². The summed E-state index contributed by atoms with van der Waals surface area (Å²) >= 11 is 1.64. The molecule has 106 valence electrons. The Labute approximate surface area is 118 Å². The molecule has 1 fully saturated rings. The van der Waals surface area contributed by atoms with Gasteiger partial charge in [-0.2, -0.15) is 0 Å². The minimum absolute atomic E-state index is 0.150. The van der Waals surface area contributed by atoms with Crippen LogP contribution in [0.25, 0.3) is 0 Å². The van der Waals surface area contributed by atoms with E-state index in [0.717, 1.165) is 10.7 Å². The summed E-state index contributed by atoms with van der Waals surface area (Å²) in [5, 5.41) is 3.10. The van der Waals surface area contributed by atoms with Crippen LogP contribution in [0.1, 0.15) is 44.3 Å². The second kappa shape index (κ2) is 5.59. The SMILES string of the molecule is CC(C)c1nc(CC(=O)N2CCOC(C)(C)C2)cs1. The fourth-order valence-corrected chi connectivity index (χ4v) is 3.00. The smallest absolute Gasteiger partial charge is 0.228 e. The van der Waals surface area contributed by atoms with E-state index in [2.05, 4.69) is 18.8 Å². The highest BCUT2D eigenvalue weighted by atomic mass is 32.1. The van der Waals surface area contributed by atoms with E-state index in [1.54, 1.807) is 11.3 Å². The highest BCUT2D eigenvalue weighted by Crippen LogP contribution is 2.21. The van der Waals surface area contributed by atoms with Gasteiger partial charge in [-0.3, -0.25) is 4.79 Å². The van der Waals surface area contributed by atoms with Crippen LogP contribution in [0, 0.1) is 0 Å². The maximum atomic E-state index is 12.3. The third-order valence-corrected chi connectivity index (χ3v) is 4.37. The molecule has 0 spiro atoms. The lowest BCUT2D eigenvalue weighted by Gasteiger charge is -2.38. The van der Waals surface area contributed by atoms with Gasteiger partial charge in [0.25, 0.3) is 0 Å². The summed E-state index contributed by atoms with van der Waals surface area (Å²) in [6.07, 6.45) is 0.402. The van der Waals surface area contributed by atoms with Crippen LogP contribution in [0.2, 0.25) is 0 Å². The number of aromatic nitrogens is 1. The van der Waals surface area contributed by atoms with Gasteiger partial charge in [-0.25, -0.2) is 4.98 Å². The van der Waals surface area contributed by atoms with Crippen molar-refractivity contribution >= 4 is 17.2 Å². The molecular weight excluding hydrogens is 260 g/mol. The van der Waals surface area contributed by atoms with Gasteiger partial charge in [0, 0.05) is 24.4 Å². The Hall–Kier alpha value is -0.940. The van der Waals surface area contributed by atoms with Crippen LogP contribution in [0.4, 0.5) is 0 Å². The first-order chi connectivity index (χ1) is 8.87. The lowest BCUT2D eigenvalue weighted by Crippen LogP contribution is -2.51. The molecule has 0 radical (unpaired) electrons. The number of morpholine rings is 1. The van der Waals surface area contributed by atoms with E-state index in [1.807, 2.05) is 24.1 Å². The molecular formula is C14H22N2O2S. The first-order valence-electron chi connectivity index (χ1n) is 6.73. The van der Waals surface area contributed by atoms with E-state index in [9.17, 15) is 4.79 Å². The molecule has 0 aliphatic carbocycles. The Morgan fingerprint density at radius 2 is 2.32 bits per heavy atom. The number of amides is 1. The maximum Gasteiger partial charge on any atom is 0.228 e. The highest BCUT2D eigenvalue weighted by Gasteiger charge is 2.30. The quantitative estimate of drug-likeness (QED) is 0.855. The second-order valence-corrected chi connectivity index (χ2v) is 6.82. The van der Waals surface area contributed by atoms with Crippen molar-refractivity contribution in [1.29, 1.82) is 0 Å². The van der Waals surface area contributed by atoms with E-state index in [1.165, 1.54) is 0 Å². The lowest BCUT2D eigenvalue weighted by molar-refractivity contribution is -0.145. The van der Waals surface area contributed by atoms with E-state index in [4.69, 9.17) is 4.74 Å². The molecule has 2 rings (SSSR count). The Kier molecular flexibility index (Phi) is 4.26. The fraction of sp³-hybridized carbons (Fsp3) is 0.714. The van der Waals surface area contributed by atoms with Crippen LogP contribution in [-0.4, -0.2) is 41.1 Å². The molecule has 4 nitrogen and oxygen atoms in total. The standard InChI is InChI=1S/C14H22N2O2S/c1-10(2)13-15-11(8-19-13)7-12(17)16-5-6-18-14(3,4)9-16/h8,10H,5-7,9H2,1-4H3. The minimum Gasteiger partial charge on any atom is -0.372 e. The zero-order valence-corrected chi connectivity index (χ0v) is 12.9. The Morgan fingerprint density at radius 3 is 2.89 bits per heavy atom. The molecule has 1 aliphatic rings. The predicted molar refractivity (Wildman–Crippen MR) is 76.5 cm³/mol. The number of hydrogen-bond acceptors (Lipinski definition) is 4. The summed E-state index contributed by atoms with van der Waals surface area (Å²) in [5.74, 6) is 0.577. The molecule has 1 aliphatic heterocycles. The average molecular weight is 282 g/mol. The van der Waals surface area contributed by atoms with Crippen LogP contribution in [0.5, 0.6) is 0 Å². The van der Waals surface area contributed by atoms with Crippen molar-refractivity contribution in [2.45, 2.75) is 45.6 Å². The van der Waals surface area contributed by atoms with Gasteiger partial charge in [-0.15, -0.1) is 11.3 Å². The zero-order chi connectivity index (χ0) is 14.0. The minimum atomic E-state index is -0.237. The van der Waals surface area contributed by atoms with Crippen molar-refractivity contribution in [3.63, 3.8) is 0 Å². The summed E-state index contributed by atoms with van der Waals surface area (Å²) in [6, 6.07) is 0. The Bertz CT molecular complexity index is 454. The largest absolute Gasteiger partial charge is 0.372 e. The fourth-order valence-electron chi connectivity index (χ4n) is 2.17. The first kappa shape index (κ1) is 14.5. The summed E-state index contributed by atoms with van der Waals surface area (Å²) in [6.45, 7) is 10.2. The van der Waals surface area contributed by atoms with Gasteiger partial charge in [-0.05, 0) is 13.8 Å². The van der Waals surface area contributed by atoms with Crippen molar-refractivity contribution in [1.82, 2.24) is 9.88 Å². The summed E-state index contributed by atoms with van der Waals surface area (Å²) < 4.78 is 5.62. The zero-order valence-electron chi connectivity index (χ0n) is 12.1. The van der Waals surface area contributed by atoms with Crippen LogP contribution >= 0.6 is 11.3 Å². The molecule has 0 unspecified atom stereocenters. The third-order valence-electron chi connectivity index (χ3n) is 3.17. The molecule has 19 heavy (non-hydrogen) atoms. The molecule has 1 saturated heterocycles. The Morgan fingerprint density at radius 1 is 1.58 bits per heavy atom. The summed E-state index contributed by atoms with van der Waals surface area (Å²) in [5.41, 5.74) is 0.655. The molecule has 0 atom stereocenters. The van der Waals surface area contributed by atoms with Gasteiger partial charge in [0.1, 0.15) is 0 Å². The van der Waals surface area contributed by atoms with Crippen molar-refractivity contribution in [2.24, 2.45) is 0 Å². The normalized spacial score (nSPS) is 18.9. The molecule has 5 heteroatoms. The molecule has 0 saturated carbocycles. The van der Waals surface area contributed by atoms with Gasteiger partial charge in [0.05, 0.1) is 29.3 Å². The van der Waals surface area contributed by atoms with Crippen molar-refractivity contribution < 1.29 is 9.53 Å². The van der Waals surface area contributed by atoms with E-state index in [0.29, 0.717) is 32.0 Å². The van der Waals surface area contributed by atoms with Crippen LogP contribution in [-0.2, 0) is 16.0 Å². The summed E-state index contributed by atoms with van der Waals surface area (Å²) in [7, 11) is 0. The first-order valence-corrected chi connectivity index (χ1v) is 7.61. The Balaban J connectivity index is 1.96. The lowest BCUT2D eigenvalue weighted by atomic mass is 10.1. The average Bonchev–Trinajstić information content (AvgIpc) is 2.76. The van der Waals surface area contributed by atoms with Crippen LogP contribution in [0.3, 0.4) is 0 Å². The van der Waals surface area contributed by atoms with Crippen LogP contribution < -0.4 is 0 Å². The number of rotatable bonds is 3. The molecule has 1 amide bonds.